The highest BCUT2D eigenvalue weighted by Crippen LogP contribution is 2.48. The maximum Gasteiger partial charge on any atom is 0.213 e. The van der Waals surface area contributed by atoms with Gasteiger partial charge in [-0.1, -0.05) is 23.7 Å². The maximum atomic E-state index is 6.41. The first kappa shape index (κ1) is 19.3. The number of hydrogen-bond acceptors (Lipinski definition) is 5. The number of thioether (sulfide) groups is 1. The minimum Gasteiger partial charge on any atom is -0.497 e. The molecule has 152 valence electrons. The third kappa shape index (κ3) is 3.42. The van der Waals surface area contributed by atoms with E-state index in [1.165, 1.54) is 4.90 Å². The summed E-state index contributed by atoms with van der Waals surface area (Å²) in [7, 11) is 1.67. The summed E-state index contributed by atoms with van der Waals surface area (Å²) in [5, 5.41) is 7.78. The van der Waals surface area contributed by atoms with Crippen LogP contribution < -0.4 is 9.47 Å². The van der Waals surface area contributed by atoms with Crippen LogP contribution in [0.2, 0.25) is 5.02 Å². The number of methoxy groups -OCH3 is 1. The maximum absolute atomic E-state index is 6.41. The standard InChI is InChI=1S/C24H21ClN2O2S/c1-28-18-8-3-15(4-9-18)21-14-22-20-13-17(25)7-12-23(20)29-24(27(22)26-21)16-5-10-19(30-2)11-6-16/h3-13,22,24H,14H2,1-2H3. The van der Waals surface area contributed by atoms with Crippen LogP contribution in [0.3, 0.4) is 0 Å². The highest BCUT2D eigenvalue weighted by atomic mass is 35.5. The van der Waals surface area contributed by atoms with Crippen LogP contribution in [0.25, 0.3) is 0 Å². The molecule has 0 aliphatic carbocycles. The highest BCUT2D eigenvalue weighted by Gasteiger charge is 2.41. The van der Waals surface area contributed by atoms with Crippen molar-refractivity contribution in [3.05, 3.63) is 88.4 Å². The van der Waals surface area contributed by atoms with Crippen LogP contribution >= 0.6 is 23.4 Å². The first-order valence-electron chi connectivity index (χ1n) is 9.76. The van der Waals surface area contributed by atoms with Gasteiger partial charge in [-0.2, -0.15) is 5.10 Å². The van der Waals surface area contributed by atoms with Gasteiger partial charge in [0.25, 0.3) is 0 Å². The number of ether oxygens (including phenoxy) is 2. The van der Waals surface area contributed by atoms with Gasteiger partial charge in [-0.25, -0.2) is 5.01 Å². The van der Waals surface area contributed by atoms with Crippen molar-refractivity contribution in [2.75, 3.05) is 13.4 Å². The second-order valence-corrected chi connectivity index (χ2v) is 8.62. The van der Waals surface area contributed by atoms with Gasteiger partial charge in [-0.05, 0) is 66.4 Å². The molecule has 0 saturated carbocycles. The molecule has 3 aromatic rings. The van der Waals surface area contributed by atoms with Gasteiger partial charge in [-0.15, -0.1) is 11.8 Å². The van der Waals surface area contributed by atoms with E-state index in [9.17, 15) is 0 Å². The summed E-state index contributed by atoms with van der Waals surface area (Å²) < 4.78 is 11.7. The molecule has 3 aromatic carbocycles. The lowest BCUT2D eigenvalue weighted by atomic mass is 9.96. The van der Waals surface area contributed by atoms with E-state index in [0.717, 1.165) is 40.3 Å². The lowest BCUT2D eigenvalue weighted by Gasteiger charge is -2.38. The van der Waals surface area contributed by atoms with Crippen molar-refractivity contribution in [1.29, 1.82) is 0 Å². The van der Waals surface area contributed by atoms with Gasteiger partial charge in [0, 0.05) is 27.5 Å². The Bertz CT molecular complexity index is 1100. The average molecular weight is 437 g/mol. The summed E-state index contributed by atoms with van der Waals surface area (Å²) in [6.45, 7) is 0. The summed E-state index contributed by atoms with van der Waals surface area (Å²) in [5.41, 5.74) is 4.28. The van der Waals surface area contributed by atoms with Crippen LogP contribution in [0, 0.1) is 0 Å². The Morgan fingerprint density at radius 2 is 1.83 bits per heavy atom. The first-order chi connectivity index (χ1) is 14.7. The Morgan fingerprint density at radius 3 is 2.53 bits per heavy atom. The number of hydrazone groups is 1. The second kappa shape index (κ2) is 7.89. The molecule has 0 saturated heterocycles. The summed E-state index contributed by atoms with van der Waals surface area (Å²) >= 11 is 8.04. The van der Waals surface area contributed by atoms with E-state index in [4.69, 9.17) is 26.2 Å². The van der Waals surface area contributed by atoms with Gasteiger partial charge < -0.3 is 9.47 Å². The first-order valence-corrected chi connectivity index (χ1v) is 11.4. The van der Waals surface area contributed by atoms with Crippen molar-refractivity contribution < 1.29 is 9.47 Å². The molecule has 6 heteroatoms. The quantitative estimate of drug-likeness (QED) is 0.448. The summed E-state index contributed by atoms with van der Waals surface area (Å²) in [5.74, 6) is 1.70. The largest absolute Gasteiger partial charge is 0.497 e. The fourth-order valence-corrected chi connectivity index (χ4v) is 4.59. The van der Waals surface area contributed by atoms with Gasteiger partial charge in [0.2, 0.25) is 6.23 Å². The average Bonchev–Trinajstić information content (AvgIpc) is 3.24. The molecule has 2 atom stereocenters. The molecule has 0 amide bonds. The van der Waals surface area contributed by atoms with E-state index < -0.39 is 0 Å². The Hall–Kier alpha value is -2.63. The normalized spacial score (nSPS) is 19.6. The number of hydrogen-bond donors (Lipinski definition) is 0. The molecule has 30 heavy (non-hydrogen) atoms. The second-order valence-electron chi connectivity index (χ2n) is 7.30. The van der Waals surface area contributed by atoms with Crippen molar-refractivity contribution in [2.24, 2.45) is 5.10 Å². The van der Waals surface area contributed by atoms with Gasteiger partial charge >= 0.3 is 0 Å². The Labute approximate surface area is 185 Å². The van der Waals surface area contributed by atoms with Crippen molar-refractivity contribution in [2.45, 2.75) is 23.6 Å². The predicted molar refractivity (Wildman–Crippen MR) is 122 cm³/mol. The van der Waals surface area contributed by atoms with E-state index in [0.29, 0.717) is 5.02 Å². The van der Waals surface area contributed by atoms with E-state index in [1.54, 1.807) is 18.9 Å². The fraction of sp³-hybridized carbons (Fsp3) is 0.208. The van der Waals surface area contributed by atoms with Crippen LogP contribution in [0.1, 0.15) is 35.4 Å². The summed E-state index contributed by atoms with van der Waals surface area (Å²) in [6.07, 6.45) is 2.59. The van der Waals surface area contributed by atoms with Crippen molar-refractivity contribution in [3.63, 3.8) is 0 Å². The van der Waals surface area contributed by atoms with E-state index in [-0.39, 0.29) is 12.3 Å². The van der Waals surface area contributed by atoms with Gasteiger partial charge in [0.15, 0.2) is 0 Å². The molecule has 2 heterocycles. The van der Waals surface area contributed by atoms with Crippen molar-refractivity contribution in [3.8, 4) is 11.5 Å². The predicted octanol–water partition coefficient (Wildman–Crippen LogP) is 6.31. The lowest BCUT2D eigenvalue weighted by Crippen LogP contribution is -2.33. The zero-order valence-electron chi connectivity index (χ0n) is 16.7. The Balaban J connectivity index is 1.56. The number of nitrogens with zero attached hydrogens (tertiary/aromatic N) is 2. The van der Waals surface area contributed by atoms with Crippen LogP contribution in [-0.4, -0.2) is 24.1 Å². The third-order valence-electron chi connectivity index (χ3n) is 5.58. The van der Waals surface area contributed by atoms with E-state index >= 15 is 0 Å². The number of halogens is 1. The van der Waals surface area contributed by atoms with Gasteiger partial charge in [-0.3, -0.25) is 0 Å². The number of fused-ring (bicyclic) bond motifs is 3. The van der Waals surface area contributed by atoms with E-state index in [1.807, 2.05) is 30.3 Å². The smallest absolute Gasteiger partial charge is 0.213 e. The molecule has 4 nitrogen and oxygen atoms in total. The van der Waals surface area contributed by atoms with Crippen LogP contribution in [0.5, 0.6) is 11.5 Å². The molecule has 5 rings (SSSR count). The number of rotatable bonds is 4. The summed E-state index contributed by atoms with van der Waals surface area (Å²) in [4.78, 5) is 1.22. The zero-order valence-corrected chi connectivity index (χ0v) is 18.3. The minimum absolute atomic E-state index is 0.0785. The van der Waals surface area contributed by atoms with Crippen LogP contribution in [0.15, 0.2) is 76.7 Å². The summed E-state index contributed by atoms with van der Waals surface area (Å²) in [6, 6.07) is 22.4. The van der Waals surface area contributed by atoms with Gasteiger partial charge in [0.05, 0.1) is 18.9 Å². The van der Waals surface area contributed by atoms with Crippen molar-refractivity contribution in [1.82, 2.24) is 5.01 Å². The molecule has 0 bridgehead atoms. The molecule has 2 aliphatic rings. The number of benzene rings is 3. The molecule has 0 fully saturated rings. The van der Waals surface area contributed by atoms with Crippen LogP contribution in [-0.2, 0) is 0 Å². The third-order valence-corrected chi connectivity index (χ3v) is 6.55. The molecule has 0 radical (unpaired) electrons. The van der Waals surface area contributed by atoms with Gasteiger partial charge in [0.1, 0.15) is 11.5 Å². The monoisotopic (exact) mass is 436 g/mol. The molecule has 0 aromatic heterocycles. The SMILES string of the molecule is COc1ccc(C2=NN3C(C2)c2cc(Cl)ccc2OC3c2ccc(SC)cc2)cc1. The topological polar surface area (TPSA) is 34.1 Å². The molecule has 0 N–H and O–H groups in total. The van der Waals surface area contributed by atoms with Crippen molar-refractivity contribution >= 4 is 29.1 Å². The minimum atomic E-state index is -0.282. The van der Waals surface area contributed by atoms with Crippen LogP contribution in [0.4, 0.5) is 0 Å². The molecule has 0 spiro atoms. The Kier molecular flexibility index (Phi) is 5.09. The zero-order chi connectivity index (χ0) is 20.7. The lowest BCUT2D eigenvalue weighted by molar-refractivity contribution is -0.0190. The molecule has 2 unspecified atom stereocenters. The molecular formula is C24H21ClN2O2S. The molecule has 2 aliphatic heterocycles. The molecular weight excluding hydrogens is 416 g/mol. The fourth-order valence-electron chi connectivity index (χ4n) is 4.00. The Morgan fingerprint density at radius 1 is 1.07 bits per heavy atom. The highest BCUT2D eigenvalue weighted by molar-refractivity contribution is 7.98. The van der Waals surface area contributed by atoms with E-state index in [2.05, 4.69) is 47.7 Å².